The minimum atomic E-state index is -3.48. The minimum Gasteiger partial charge on any atom is -0.382 e. The molecule has 0 aliphatic rings. The number of nitrogens with zero attached hydrogens (tertiary/aromatic N) is 4. The minimum absolute atomic E-state index is 0.287. The van der Waals surface area contributed by atoms with Gasteiger partial charge in [0.2, 0.25) is 0 Å². The number of aromatic nitrogens is 4. The fourth-order valence-corrected chi connectivity index (χ4v) is 2.30. The molecule has 0 radical (unpaired) electrons. The molecule has 0 fully saturated rings. The van der Waals surface area contributed by atoms with Crippen molar-refractivity contribution in [3.05, 3.63) is 12.7 Å². The molecule has 9 heteroatoms. The zero-order valence-electron chi connectivity index (χ0n) is 9.94. The monoisotopic (exact) mass is 271 g/mol. The van der Waals surface area contributed by atoms with Crippen LogP contribution in [0.5, 0.6) is 0 Å². The first-order valence-electron chi connectivity index (χ1n) is 5.16. The van der Waals surface area contributed by atoms with E-state index in [-0.39, 0.29) is 5.82 Å². The van der Waals surface area contributed by atoms with E-state index < -0.39 is 16.2 Å². The maximum Gasteiger partial charge on any atom is 0.264 e. The van der Waals surface area contributed by atoms with Crippen LogP contribution in [0, 0.1) is 0 Å². The van der Waals surface area contributed by atoms with Crippen LogP contribution in [0.2, 0.25) is 0 Å². The number of hydrogen-bond donors (Lipinski definition) is 1. The third-order valence-corrected chi connectivity index (χ3v) is 2.90. The van der Waals surface area contributed by atoms with E-state index >= 15 is 0 Å². The van der Waals surface area contributed by atoms with Crippen LogP contribution in [-0.4, -0.2) is 40.3 Å². The summed E-state index contributed by atoms with van der Waals surface area (Å²) in [5.41, 5.74) is 6.69. The van der Waals surface area contributed by atoms with Gasteiger partial charge in [-0.15, -0.1) is 0 Å². The summed E-state index contributed by atoms with van der Waals surface area (Å²) in [6.45, 7) is 1.96. The molecule has 18 heavy (non-hydrogen) atoms. The van der Waals surface area contributed by atoms with Crippen LogP contribution in [0.3, 0.4) is 0 Å². The van der Waals surface area contributed by atoms with Crippen molar-refractivity contribution in [2.75, 3.05) is 12.0 Å². The Bertz CT molecular complexity index is 666. The Morgan fingerprint density at radius 3 is 2.83 bits per heavy atom. The lowest BCUT2D eigenvalue weighted by Crippen LogP contribution is -2.19. The van der Waals surface area contributed by atoms with Gasteiger partial charge in [-0.1, -0.05) is 0 Å². The molecule has 0 saturated carbocycles. The van der Waals surface area contributed by atoms with Gasteiger partial charge in [0, 0.05) is 0 Å². The highest BCUT2D eigenvalue weighted by atomic mass is 32.2. The van der Waals surface area contributed by atoms with Gasteiger partial charge in [-0.2, -0.15) is 8.42 Å². The normalized spacial score (nSPS) is 13.9. The zero-order valence-corrected chi connectivity index (χ0v) is 10.8. The standard InChI is InChI=1S/C9H13N5O3S/c1-6(17-18(2,15)16)3-14-5-13-7-8(10)11-4-12-9(7)14/h4-6H,3H2,1-2H3,(H2,10,11,12)/t6-/m0/s1. The fourth-order valence-electron chi connectivity index (χ4n) is 1.64. The molecule has 0 bridgehead atoms. The SMILES string of the molecule is C[C@@H](Cn1cnc2c(N)ncnc21)OS(C)(=O)=O. The van der Waals surface area contributed by atoms with Gasteiger partial charge in [0.05, 0.1) is 25.2 Å². The summed E-state index contributed by atoms with van der Waals surface area (Å²) >= 11 is 0. The molecule has 1 atom stereocenters. The lowest BCUT2D eigenvalue weighted by atomic mass is 10.4. The highest BCUT2D eigenvalue weighted by Gasteiger charge is 2.14. The largest absolute Gasteiger partial charge is 0.382 e. The smallest absolute Gasteiger partial charge is 0.264 e. The van der Waals surface area contributed by atoms with Crippen molar-refractivity contribution in [3.63, 3.8) is 0 Å². The lowest BCUT2D eigenvalue weighted by molar-refractivity contribution is 0.210. The highest BCUT2D eigenvalue weighted by molar-refractivity contribution is 7.86. The van der Waals surface area contributed by atoms with Crippen LogP contribution >= 0.6 is 0 Å². The van der Waals surface area contributed by atoms with E-state index in [1.54, 1.807) is 11.5 Å². The second kappa shape index (κ2) is 4.50. The maximum absolute atomic E-state index is 11.0. The van der Waals surface area contributed by atoms with Gasteiger partial charge in [0.15, 0.2) is 11.5 Å². The van der Waals surface area contributed by atoms with Crippen molar-refractivity contribution in [2.24, 2.45) is 0 Å². The number of anilines is 1. The molecule has 2 rings (SSSR count). The van der Waals surface area contributed by atoms with Crippen molar-refractivity contribution in [3.8, 4) is 0 Å². The Kier molecular flexibility index (Phi) is 3.18. The summed E-state index contributed by atoms with van der Waals surface area (Å²) in [6.07, 6.45) is 3.35. The van der Waals surface area contributed by atoms with Crippen LogP contribution in [0.25, 0.3) is 11.2 Å². The summed E-state index contributed by atoms with van der Waals surface area (Å²) in [5.74, 6) is 0.287. The van der Waals surface area contributed by atoms with Gasteiger partial charge in [-0.3, -0.25) is 4.18 Å². The van der Waals surface area contributed by atoms with Crippen LogP contribution in [0.15, 0.2) is 12.7 Å². The van der Waals surface area contributed by atoms with Crippen molar-refractivity contribution < 1.29 is 12.6 Å². The van der Waals surface area contributed by atoms with Gasteiger partial charge >= 0.3 is 0 Å². The quantitative estimate of drug-likeness (QED) is 0.764. The second-order valence-corrected chi connectivity index (χ2v) is 5.54. The third kappa shape index (κ3) is 2.74. The summed E-state index contributed by atoms with van der Waals surface area (Å²) in [5, 5.41) is 0. The van der Waals surface area contributed by atoms with Crippen molar-refractivity contribution in [1.29, 1.82) is 0 Å². The van der Waals surface area contributed by atoms with Gasteiger partial charge in [-0.05, 0) is 6.92 Å². The third-order valence-electron chi connectivity index (χ3n) is 2.22. The molecule has 2 heterocycles. The number of nitrogen functional groups attached to an aromatic ring is 1. The van der Waals surface area contributed by atoms with Crippen LogP contribution in [0.4, 0.5) is 5.82 Å². The van der Waals surface area contributed by atoms with E-state index in [0.717, 1.165) is 6.26 Å². The second-order valence-electron chi connectivity index (χ2n) is 3.94. The molecule has 2 aromatic rings. The molecule has 2 N–H and O–H groups in total. The van der Waals surface area contributed by atoms with E-state index in [9.17, 15) is 8.42 Å². The Balaban J connectivity index is 2.25. The first-order chi connectivity index (χ1) is 8.37. The van der Waals surface area contributed by atoms with Gasteiger partial charge < -0.3 is 10.3 Å². The lowest BCUT2D eigenvalue weighted by Gasteiger charge is -2.11. The first kappa shape index (κ1) is 12.7. The molecule has 98 valence electrons. The molecule has 0 aliphatic carbocycles. The Labute approximate surface area is 104 Å². The van der Waals surface area contributed by atoms with Crippen molar-refractivity contribution >= 4 is 27.1 Å². The van der Waals surface area contributed by atoms with Crippen LogP contribution < -0.4 is 5.73 Å². The van der Waals surface area contributed by atoms with E-state index in [4.69, 9.17) is 9.92 Å². The molecule has 0 unspecified atom stereocenters. The van der Waals surface area contributed by atoms with E-state index in [0.29, 0.717) is 17.7 Å². The van der Waals surface area contributed by atoms with Gasteiger partial charge in [0.25, 0.3) is 10.1 Å². The van der Waals surface area contributed by atoms with E-state index in [1.807, 2.05) is 0 Å². The molecular formula is C9H13N5O3S. The van der Waals surface area contributed by atoms with Crippen LogP contribution in [-0.2, 0) is 20.8 Å². The average molecular weight is 271 g/mol. The number of hydrogen-bond acceptors (Lipinski definition) is 7. The Morgan fingerprint density at radius 2 is 2.17 bits per heavy atom. The van der Waals surface area contributed by atoms with E-state index in [2.05, 4.69) is 15.0 Å². The molecular weight excluding hydrogens is 258 g/mol. The van der Waals surface area contributed by atoms with Crippen molar-refractivity contribution in [1.82, 2.24) is 19.5 Å². The Morgan fingerprint density at radius 1 is 1.44 bits per heavy atom. The number of rotatable bonds is 4. The summed E-state index contributed by atoms with van der Waals surface area (Å²) in [4.78, 5) is 12.0. The molecule has 0 amide bonds. The molecule has 8 nitrogen and oxygen atoms in total. The van der Waals surface area contributed by atoms with E-state index in [1.165, 1.54) is 12.7 Å². The average Bonchev–Trinajstić information content (AvgIpc) is 2.60. The predicted octanol–water partition coefficient (Wildman–Crippen LogP) is -0.227. The number of nitrogens with two attached hydrogens (primary N) is 1. The molecule has 2 aromatic heterocycles. The number of imidazole rings is 1. The highest BCUT2D eigenvalue weighted by Crippen LogP contribution is 2.15. The summed E-state index contributed by atoms with van der Waals surface area (Å²) < 4.78 is 28.5. The first-order valence-corrected chi connectivity index (χ1v) is 6.98. The maximum atomic E-state index is 11.0. The van der Waals surface area contributed by atoms with Gasteiger partial charge in [0.1, 0.15) is 11.8 Å². The summed E-state index contributed by atoms with van der Waals surface area (Å²) in [7, 11) is -3.48. The Hall–Kier alpha value is -1.74. The van der Waals surface area contributed by atoms with Gasteiger partial charge in [-0.25, -0.2) is 15.0 Å². The number of fused-ring (bicyclic) bond motifs is 1. The zero-order chi connectivity index (χ0) is 13.3. The molecule has 0 aromatic carbocycles. The summed E-state index contributed by atoms with van der Waals surface area (Å²) in [6, 6.07) is 0. The molecule has 0 saturated heterocycles. The molecule has 0 aliphatic heterocycles. The van der Waals surface area contributed by atoms with Crippen LogP contribution in [0.1, 0.15) is 6.92 Å². The van der Waals surface area contributed by atoms with Crippen molar-refractivity contribution in [2.45, 2.75) is 19.6 Å². The fraction of sp³-hybridized carbons (Fsp3) is 0.444. The predicted molar refractivity (Wildman–Crippen MR) is 65.1 cm³/mol. The topological polar surface area (TPSA) is 113 Å². The molecule has 0 spiro atoms.